The van der Waals surface area contributed by atoms with Gasteiger partial charge in [-0.25, -0.2) is 4.98 Å². The number of nitrogens with zero attached hydrogens (tertiary/aromatic N) is 3. The number of methoxy groups -OCH3 is 1. The van der Waals surface area contributed by atoms with Crippen molar-refractivity contribution in [2.75, 3.05) is 43.9 Å². The van der Waals surface area contributed by atoms with E-state index in [2.05, 4.69) is 51.2 Å². The Morgan fingerprint density at radius 2 is 1.78 bits per heavy atom. The molecular weight excluding hydrogens is 516 g/mol. The third-order valence-electron chi connectivity index (χ3n) is 7.36. The Bertz CT molecular complexity index is 1280. The van der Waals surface area contributed by atoms with Crippen LogP contribution in [0.25, 0.3) is 10.9 Å². The molecule has 1 amide bonds. The van der Waals surface area contributed by atoms with E-state index in [1.54, 1.807) is 21.0 Å². The van der Waals surface area contributed by atoms with Crippen LogP contribution in [0.5, 0.6) is 5.75 Å². The standard InChI is InChI=1S/C32H46N6O3/c1-31(2,22-32(3,4)40)20-28(39)33-15-16-34-30-36-27-19-25(41-5)11-12-26(27)29(37-30)35-24-13-17-38(18-14-24)21-23-9-7-6-8-10-23/h6-12,19,24,40H,13-18,20-22H2,1-5H3,(H,33,39)(H2,34,35,36,37). The number of ether oxygens (including phenoxy) is 1. The summed E-state index contributed by atoms with van der Waals surface area (Å²) in [5.74, 6) is 2.01. The van der Waals surface area contributed by atoms with Gasteiger partial charge in [0.15, 0.2) is 0 Å². The van der Waals surface area contributed by atoms with Crippen molar-refractivity contribution >= 4 is 28.6 Å². The third-order valence-corrected chi connectivity index (χ3v) is 7.36. The first kappa shape index (κ1) is 30.5. The summed E-state index contributed by atoms with van der Waals surface area (Å²) in [5.41, 5.74) is 1.03. The van der Waals surface area contributed by atoms with Crippen LogP contribution >= 0.6 is 0 Å². The van der Waals surface area contributed by atoms with Crippen molar-refractivity contribution in [3.05, 3.63) is 54.1 Å². The average molecular weight is 563 g/mol. The van der Waals surface area contributed by atoms with Crippen LogP contribution in [0, 0.1) is 5.41 Å². The first-order valence-corrected chi connectivity index (χ1v) is 14.6. The Balaban J connectivity index is 1.35. The highest BCUT2D eigenvalue weighted by atomic mass is 16.5. The van der Waals surface area contributed by atoms with Crippen LogP contribution in [-0.4, -0.2) is 70.8 Å². The Hall–Kier alpha value is -3.43. The summed E-state index contributed by atoms with van der Waals surface area (Å²) in [5, 5.41) is 21.0. The molecule has 0 spiro atoms. The number of carbonyl (C=O) groups excluding carboxylic acids is 1. The van der Waals surface area contributed by atoms with Crippen molar-refractivity contribution in [1.29, 1.82) is 0 Å². The second-order valence-electron chi connectivity index (χ2n) is 12.6. The van der Waals surface area contributed by atoms with Gasteiger partial charge in [-0.15, -0.1) is 0 Å². The minimum Gasteiger partial charge on any atom is -0.497 e. The van der Waals surface area contributed by atoms with Crippen molar-refractivity contribution in [3.63, 3.8) is 0 Å². The van der Waals surface area contributed by atoms with Gasteiger partial charge in [-0.05, 0) is 56.2 Å². The lowest BCUT2D eigenvalue weighted by Gasteiger charge is -2.32. The minimum absolute atomic E-state index is 0.0359. The Labute approximate surface area is 244 Å². The summed E-state index contributed by atoms with van der Waals surface area (Å²) >= 11 is 0. The molecule has 0 bridgehead atoms. The van der Waals surface area contributed by atoms with Crippen molar-refractivity contribution in [1.82, 2.24) is 20.2 Å². The minimum atomic E-state index is -0.813. The molecule has 3 aromatic rings. The van der Waals surface area contributed by atoms with Crippen LogP contribution < -0.4 is 20.7 Å². The van der Waals surface area contributed by atoms with E-state index in [0.717, 1.165) is 54.9 Å². The number of amides is 1. The van der Waals surface area contributed by atoms with E-state index < -0.39 is 5.60 Å². The van der Waals surface area contributed by atoms with Crippen molar-refractivity contribution in [2.45, 2.75) is 71.6 Å². The third kappa shape index (κ3) is 9.57. The number of benzene rings is 2. The number of carbonyl (C=O) groups is 1. The summed E-state index contributed by atoms with van der Waals surface area (Å²) in [4.78, 5) is 24.6. The summed E-state index contributed by atoms with van der Waals surface area (Å²) in [6.07, 6.45) is 2.96. The molecule has 2 heterocycles. The molecule has 1 saturated heterocycles. The average Bonchev–Trinajstić information content (AvgIpc) is 2.91. The first-order chi connectivity index (χ1) is 19.5. The number of anilines is 2. The largest absolute Gasteiger partial charge is 0.497 e. The fraction of sp³-hybridized carbons (Fsp3) is 0.531. The summed E-state index contributed by atoms with van der Waals surface area (Å²) in [6, 6.07) is 16.8. The number of hydrogen-bond acceptors (Lipinski definition) is 8. The zero-order valence-electron chi connectivity index (χ0n) is 25.2. The second kappa shape index (κ2) is 13.5. The van der Waals surface area contributed by atoms with Gasteiger partial charge >= 0.3 is 0 Å². The molecule has 9 heteroatoms. The summed E-state index contributed by atoms with van der Waals surface area (Å²) < 4.78 is 5.44. The van der Waals surface area contributed by atoms with Gasteiger partial charge in [-0.2, -0.15) is 4.98 Å². The van der Waals surface area contributed by atoms with E-state index >= 15 is 0 Å². The van der Waals surface area contributed by atoms with Crippen LogP contribution in [0.4, 0.5) is 11.8 Å². The molecule has 9 nitrogen and oxygen atoms in total. The second-order valence-corrected chi connectivity index (χ2v) is 12.6. The lowest BCUT2D eigenvalue weighted by Crippen LogP contribution is -2.38. The molecule has 222 valence electrons. The number of piperidine rings is 1. The van der Waals surface area contributed by atoms with Gasteiger partial charge in [0.25, 0.3) is 0 Å². The maximum Gasteiger partial charge on any atom is 0.225 e. The molecule has 0 saturated carbocycles. The first-order valence-electron chi connectivity index (χ1n) is 14.6. The SMILES string of the molecule is COc1ccc2c(NC3CCN(Cc4ccccc4)CC3)nc(NCCNC(=O)CC(C)(C)CC(C)(C)O)nc2c1. The molecule has 1 fully saturated rings. The molecule has 0 radical (unpaired) electrons. The predicted molar refractivity (Wildman–Crippen MR) is 165 cm³/mol. The number of hydrogen-bond donors (Lipinski definition) is 4. The Kier molecular flexibility index (Phi) is 10.0. The summed E-state index contributed by atoms with van der Waals surface area (Å²) in [6.45, 7) is 11.5. The van der Waals surface area contributed by atoms with Crippen molar-refractivity contribution in [3.8, 4) is 5.75 Å². The van der Waals surface area contributed by atoms with Crippen LogP contribution in [0.15, 0.2) is 48.5 Å². The van der Waals surface area contributed by atoms with Gasteiger partial charge in [0.2, 0.25) is 11.9 Å². The molecule has 0 atom stereocenters. The number of likely N-dealkylation sites (tertiary alicyclic amines) is 1. The molecule has 4 N–H and O–H groups in total. The molecule has 41 heavy (non-hydrogen) atoms. The van der Waals surface area contributed by atoms with E-state index in [9.17, 15) is 9.90 Å². The fourth-order valence-electron chi connectivity index (χ4n) is 5.80. The predicted octanol–water partition coefficient (Wildman–Crippen LogP) is 4.82. The number of aromatic nitrogens is 2. The number of rotatable bonds is 13. The Morgan fingerprint density at radius 1 is 1.05 bits per heavy atom. The van der Waals surface area contributed by atoms with Crippen molar-refractivity contribution < 1.29 is 14.6 Å². The van der Waals surface area contributed by atoms with Gasteiger partial charge in [-0.3, -0.25) is 9.69 Å². The molecule has 1 aliphatic heterocycles. The van der Waals surface area contributed by atoms with E-state index in [0.29, 0.717) is 37.9 Å². The smallest absolute Gasteiger partial charge is 0.225 e. The highest BCUT2D eigenvalue weighted by Crippen LogP contribution is 2.31. The van der Waals surface area contributed by atoms with E-state index in [4.69, 9.17) is 14.7 Å². The van der Waals surface area contributed by atoms with Gasteiger partial charge in [-0.1, -0.05) is 44.2 Å². The Morgan fingerprint density at radius 3 is 2.46 bits per heavy atom. The monoisotopic (exact) mass is 562 g/mol. The van der Waals surface area contributed by atoms with Gasteiger partial charge in [0.1, 0.15) is 11.6 Å². The summed E-state index contributed by atoms with van der Waals surface area (Å²) in [7, 11) is 1.65. The molecule has 0 aliphatic carbocycles. The van der Waals surface area contributed by atoms with Crippen LogP contribution in [0.3, 0.4) is 0 Å². The molecule has 1 aliphatic rings. The van der Waals surface area contributed by atoms with Crippen molar-refractivity contribution in [2.24, 2.45) is 5.41 Å². The lowest BCUT2D eigenvalue weighted by molar-refractivity contribution is -0.123. The fourth-order valence-corrected chi connectivity index (χ4v) is 5.80. The van der Waals surface area contributed by atoms with Crippen LogP contribution in [0.2, 0.25) is 0 Å². The topological polar surface area (TPSA) is 112 Å². The molecule has 4 rings (SSSR count). The highest BCUT2D eigenvalue weighted by Gasteiger charge is 2.29. The van der Waals surface area contributed by atoms with E-state index in [-0.39, 0.29) is 11.3 Å². The van der Waals surface area contributed by atoms with E-state index in [1.807, 2.05) is 32.0 Å². The van der Waals surface area contributed by atoms with Gasteiger partial charge < -0.3 is 25.8 Å². The molecule has 2 aromatic carbocycles. The molecule has 0 unspecified atom stereocenters. The van der Waals surface area contributed by atoms with Gasteiger partial charge in [0, 0.05) is 56.6 Å². The number of fused-ring (bicyclic) bond motifs is 1. The van der Waals surface area contributed by atoms with Crippen LogP contribution in [0.1, 0.15) is 58.9 Å². The zero-order valence-corrected chi connectivity index (χ0v) is 25.2. The lowest BCUT2D eigenvalue weighted by atomic mass is 9.79. The highest BCUT2D eigenvalue weighted by molar-refractivity contribution is 5.91. The normalized spacial score (nSPS) is 15.1. The van der Waals surface area contributed by atoms with Gasteiger partial charge in [0.05, 0.1) is 18.2 Å². The zero-order chi connectivity index (χ0) is 29.5. The number of aliphatic hydroxyl groups is 1. The maximum absolute atomic E-state index is 12.5. The molecule has 1 aromatic heterocycles. The number of nitrogens with one attached hydrogen (secondary N) is 3. The molecular formula is C32H46N6O3. The van der Waals surface area contributed by atoms with E-state index in [1.165, 1.54) is 5.56 Å². The quantitative estimate of drug-likeness (QED) is 0.220. The van der Waals surface area contributed by atoms with Crippen LogP contribution in [-0.2, 0) is 11.3 Å². The maximum atomic E-state index is 12.5.